The summed E-state index contributed by atoms with van der Waals surface area (Å²) < 4.78 is 22.3. The van der Waals surface area contributed by atoms with E-state index in [9.17, 15) is 9.18 Å². The van der Waals surface area contributed by atoms with Gasteiger partial charge in [0, 0.05) is 13.1 Å². The third kappa shape index (κ3) is 3.03. The van der Waals surface area contributed by atoms with Crippen molar-refractivity contribution < 1.29 is 9.13 Å². The molecule has 120 valence electrons. The van der Waals surface area contributed by atoms with E-state index in [0.717, 1.165) is 9.36 Å². The highest BCUT2D eigenvalue weighted by Crippen LogP contribution is 2.32. The summed E-state index contributed by atoms with van der Waals surface area (Å²) >= 11 is 0. The Morgan fingerprint density at radius 2 is 1.86 bits per heavy atom. The van der Waals surface area contributed by atoms with Crippen molar-refractivity contribution in [2.24, 2.45) is 7.05 Å². The number of aryl methyl sites for hydroxylation is 1. The fraction of sp³-hybridized carbons (Fsp3) is 0.533. The van der Waals surface area contributed by atoms with Gasteiger partial charge < -0.3 is 4.74 Å². The molecule has 0 atom stereocenters. The number of aromatic nitrogens is 4. The van der Waals surface area contributed by atoms with Gasteiger partial charge in [0.25, 0.3) is 0 Å². The molecule has 0 amide bonds. The van der Waals surface area contributed by atoms with E-state index in [0.29, 0.717) is 11.3 Å². The normalized spacial score (nSPS) is 12.0. The average molecular weight is 308 g/mol. The van der Waals surface area contributed by atoms with E-state index in [1.807, 2.05) is 34.6 Å². The van der Waals surface area contributed by atoms with Gasteiger partial charge in [-0.2, -0.15) is 9.36 Å². The quantitative estimate of drug-likeness (QED) is 0.872. The molecule has 0 N–H and O–H groups in total. The summed E-state index contributed by atoms with van der Waals surface area (Å²) in [5, 5.41) is 7.52. The number of ether oxygens (including phenoxy) is 1. The number of rotatable bonds is 3. The van der Waals surface area contributed by atoms with Crippen LogP contribution in [0.15, 0.2) is 16.9 Å². The summed E-state index contributed by atoms with van der Waals surface area (Å²) in [5.74, 6) is -0.105. The molecule has 0 unspecified atom stereocenters. The van der Waals surface area contributed by atoms with Crippen molar-refractivity contribution in [2.45, 2.75) is 46.1 Å². The summed E-state index contributed by atoms with van der Waals surface area (Å²) in [4.78, 5) is 12.1. The van der Waals surface area contributed by atoms with Gasteiger partial charge in [0.15, 0.2) is 0 Å². The number of halogens is 1. The predicted molar refractivity (Wildman–Crippen MR) is 81.0 cm³/mol. The highest BCUT2D eigenvalue weighted by atomic mass is 19.1. The molecular formula is C15H21FN4O2. The lowest BCUT2D eigenvalue weighted by Crippen LogP contribution is -2.24. The van der Waals surface area contributed by atoms with Gasteiger partial charge in [-0.3, -0.25) is 0 Å². The van der Waals surface area contributed by atoms with Crippen LogP contribution in [0.3, 0.4) is 0 Å². The molecule has 0 fully saturated rings. The molecule has 0 bridgehead atoms. The first-order valence-electron chi connectivity index (χ1n) is 7.11. The summed E-state index contributed by atoms with van der Waals surface area (Å²) in [7, 11) is 1.50. The number of tetrazole rings is 1. The van der Waals surface area contributed by atoms with Crippen LogP contribution < -0.4 is 10.4 Å². The van der Waals surface area contributed by atoms with Crippen LogP contribution in [0, 0.1) is 5.82 Å². The lowest BCUT2D eigenvalue weighted by atomic mass is 9.86. The molecule has 0 saturated carbocycles. The van der Waals surface area contributed by atoms with Crippen molar-refractivity contribution in [3.8, 4) is 11.4 Å². The van der Waals surface area contributed by atoms with Crippen LogP contribution in [0.5, 0.6) is 5.75 Å². The topological polar surface area (TPSA) is 61.9 Å². The fourth-order valence-corrected chi connectivity index (χ4v) is 2.10. The van der Waals surface area contributed by atoms with E-state index in [1.165, 1.54) is 13.1 Å². The third-order valence-corrected chi connectivity index (χ3v) is 3.17. The Bertz CT molecular complexity index is 741. The van der Waals surface area contributed by atoms with E-state index in [2.05, 4.69) is 10.4 Å². The lowest BCUT2D eigenvalue weighted by molar-refractivity contribution is 0.240. The molecule has 0 aliphatic carbocycles. The molecule has 0 aliphatic rings. The van der Waals surface area contributed by atoms with Crippen molar-refractivity contribution in [1.29, 1.82) is 0 Å². The minimum Gasteiger partial charge on any atom is -0.489 e. The Balaban J connectivity index is 2.72. The third-order valence-electron chi connectivity index (χ3n) is 3.17. The van der Waals surface area contributed by atoms with E-state index in [-0.39, 0.29) is 17.7 Å². The Labute approximate surface area is 128 Å². The van der Waals surface area contributed by atoms with Gasteiger partial charge in [-0.05, 0) is 41.3 Å². The number of hydrogen-bond donors (Lipinski definition) is 0. The summed E-state index contributed by atoms with van der Waals surface area (Å²) in [6.07, 6.45) is -0.161. The van der Waals surface area contributed by atoms with Crippen molar-refractivity contribution >= 4 is 0 Å². The highest BCUT2D eigenvalue weighted by Gasteiger charge is 2.24. The zero-order valence-corrected chi connectivity index (χ0v) is 13.7. The van der Waals surface area contributed by atoms with Gasteiger partial charge in [-0.25, -0.2) is 9.18 Å². The van der Waals surface area contributed by atoms with Gasteiger partial charge in [0.1, 0.15) is 17.3 Å². The van der Waals surface area contributed by atoms with Crippen LogP contribution in [-0.2, 0) is 12.5 Å². The summed E-state index contributed by atoms with van der Waals surface area (Å²) in [6.45, 7) is 9.37. The zero-order chi connectivity index (χ0) is 16.7. The molecule has 1 heterocycles. The second-order valence-corrected chi connectivity index (χ2v) is 6.51. The largest absolute Gasteiger partial charge is 0.489 e. The minimum atomic E-state index is -0.417. The molecule has 0 aliphatic heterocycles. The van der Waals surface area contributed by atoms with Gasteiger partial charge in [-0.15, -0.1) is 0 Å². The van der Waals surface area contributed by atoms with Crippen molar-refractivity contribution in [1.82, 2.24) is 19.8 Å². The Hall–Kier alpha value is -2.18. The van der Waals surface area contributed by atoms with Crippen LogP contribution in [0.1, 0.15) is 40.2 Å². The van der Waals surface area contributed by atoms with Gasteiger partial charge in [0.05, 0.1) is 6.10 Å². The molecule has 0 spiro atoms. The first-order valence-corrected chi connectivity index (χ1v) is 7.11. The Morgan fingerprint density at radius 1 is 1.23 bits per heavy atom. The van der Waals surface area contributed by atoms with Crippen molar-refractivity contribution in [3.05, 3.63) is 34.0 Å². The summed E-state index contributed by atoms with van der Waals surface area (Å²) in [5.41, 5.74) is 0.0374. The van der Waals surface area contributed by atoms with Gasteiger partial charge >= 0.3 is 5.69 Å². The maximum absolute atomic E-state index is 14.4. The molecule has 2 rings (SSSR count). The molecule has 22 heavy (non-hydrogen) atoms. The van der Waals surface area contributed by atoms with E-state index in [4.69, 9.17) is 4.74 Å². The zero-order valence-electron chi connectivity index (χ0n) is 13.7. The fourth-order valence-electron chi connectivity index (χ4n) is 2.10. The molecule has 6 nitrogen and oxygen atoms in total. The molecule has 7 heteroatoms. The van der Waals surface area contributed by atoms with Crippen molar-refractivity contribution in [2.75, 3.05) is 0 Å². The Morgan fingerprint density at radius 3 is 2.32 bits per heavy atom. The molecule has 0 radical (unpaired) electrons. The number of nitrogens with zero attached hydrogens (tertiary/aromatic N) is 4. The van der Waals surface area contributed by atoms with Crippen LogP contribution in [0.4, 0.5) is 4.39 Å². The SMILES string of the molecule is CC(C)Oc1cc(F)c(C(C)(C)C)cc1-n1nnn(C)c1=O. The van der Waals surface area contributed by atoms with Crippen molar-refractivity contribution in [3.63, 3.8) is 0 Å². The maximum Gasteiger partial charge on any atom is 0.368 e. The second-order valence-electron chi connectivity index (χ2n) is 6.51. The molecular weight excluding hydrogens is 287 g/mol. The van der Waals surface area contributed by atoms with Gasteiger partial charge in [0.2, 0.25) is 0 Å². The second kappa shape index (κ2) is 5.55. The van der Waals surface area contributed by atoms with E-state index >= 15 is 0 Å². The van der Waals surface area contributed by atoms with Crippen LogP contribution in [0.2, 0.25) is 0 Å². The van der Waals surface area contributed by atoms with Crippen LogP contribution in [-0.4, -0.2) is 25.9 Å². The van der Waals surface area contributed by atoms with E-state index in [1.54, 1.807) is 6.07 Å². The van der Waals surface area contributed by atoms with E-state index < -0.39 is 11.1 Å². The first-order chi connectivity index (χ1) is 10.1. The average Bonchev–Trinajstić information content (AvgIpc) is 2.68. The minimum absolute atomic E-state index is 0.161. The molecule has 1 aromatic heterocycles. The standard InChI is InChI=1S/C15H21FN4O2/c1-9(2)22-13-8-11(16)10(15(3,4)5)7-12(13)20-14(21)19(6)17-18-20/h7-9H,1-6H3. The monoisotopic (exact) mass is 308 g/mol. The maximum atomic E-state index is 14.4. The first kappa shape index (κ1) is 16.2. The highest BCUT2D eigenvalue weighted by molar-refractivity contribution is 5.50. The molecule has 1 aromatic carbocycles. The smallest absolute Gasteiger partial charge is 0.368 e. The summed E-state index contributed by atoms with van der Waals surface area (Å²) in [6, 6.07) is 2.90. The van der Waals surface area contributed by atoms with Crippen LogP contribution >= 0.6 is 0 Å². The number of hydrogen-bond acceptors (Lipinski definition) is 4. The predicted octanol–water partition coefficient (Wildman–Crippen LogP) is 2.19. The number of benzene rings is 1. The molecule has 0 saturated heterocycles. The van der Waals surface area contributed by atoms with Gasteiger partial charge in [-0.1, -0.05) is 20.8 Å². The van der Waals surface area contributed by atoms with Crippen LogP contribution in [0.25, 0.3) is 5.69 Å². The lowest BCUT2D eigenvalue weighted by Gasteiger charge is -2.22. The molecule has 2 aromatic rings. The Kier molecular flexibility index (Phi) is 4.08.